The van der Waals surface area contributed by atoms with Gasteiger partial charge in [-0.1, -0.05) is 54.2 Å². The Kier molecular flexibility index (Phi) is 6.25. The maximum atomic E-state index is 13.0. The van der Waals surface area contributed by atoms with Gasteiger partial charge in [-0.25, -0.2) is 4.98 Å². The van der Waals surface area contributed by atoms with Crippen molar-refractivity contribution >= 4 is 23.1 Å². The molecule has 0 aliphatic rings. The quantitative estimate of drug-likeness (QED) is 0.226. The van der Waals surface area contributed by atoms with Gasteiger partial charge in [0.2, 0.25) is 0 Å². The van der Waals surface area contributed by atoms with E-state index < -0.39 is 11.7 Å². The Bertz CT molecular complexity index is 1360. The van der Waals surface area contributed by atoms with E-state index in [1.165, 1.54) is 23.9 Å². The van der Waals surface area contributed by atoms with Crippen LogP contribution in [0.1, 0.15) is 17.0 Å². The molecule has 5 nitrogen and oxygen atoms in total. The molecule has 3 heterocycles. The van der Waals surface area contributed by atoms with E-state index in [2.05, 4.69) is 10.2 Å². The van der Waals surface area contributed by atoms with Crippen LogP contribution in [0.5, 0.6) is 0 Å². The number of aromatic nitrogens is 4. The van der Waals surface area contributed by atoms with Crippen LogP contribution in [-0.2, 0) is 18.5 Å². The largest absolute Gasteiger partial charge is 0.467 e. The molecule has 0 aliphatic heterocycles. The summed E-state index contributed by atoms with van der Waals surface area (Å²) < 4.78 is 46.3. The van der Waals surface area contributed by atoms with Gasteiger partial charge in [-0.05, 0) is 24.3 Å². The number of halogens is 3. The zero-order valence-electron chi connectivity index (χ0n) is 17.6. The summed E-state index contributed by atoms with van der Waals surface area (Å²) in [6, 6.07) is 18.5. The molecule has 172 valence electrons. The molecule has 0 aliphatic carbocycles. The SMILES string of the molecule is FC(F)(F)c1ccc(-c2nnc(SCc3csc(-c4ccccc4)n3)n2Cc2ccco2)cc1. The predicted octanol–water partition coefficient (Wildman–Crippen LogP) is 7.02. The lowest BCUT2D eigenvalue weighted by Crippen LogP contribution is -2.06. The summed E-state index contributed by atoms with van der Waals surface area (Å²) in [7, 11) is 0. The topological polar surface area (TPSA) is 56.7 Å². The molecule has 0 bridgehead atoms. The van der Waals surface area contributed by atoms with Crippen LogP contribution in [-0.4, -0.2) is 19.7 Å². The minimum absolute atomic E-state index is 0.352. The Hall–Kier alpha value is -3.37. The van der Waals surface area contributed by atoms with Gasteiger partial charge >= 0.3 is 6.18 Å². The zero-order valence-corrected chi connectivity index (χ0v) is 19.2. The highest BCUT2D eigenvalue weighted by molar-refractivity contribution is 7.98. The van der Waals surface area contributed by atoms with Gasteiger partial charge in [-0.15, -0.1) is 21.5 Å². The van der Waals surface area contributed by atoms with Crippen LogP contribution in [0.3, 0.4) is 0 Å². The van der Waals surface area contributed by atoms with Crippen LogP contribution in [0.25, 0.3) is 22.0 Å². The van der Waals surface area contributed by atoms with Crippen molar-refractivity contribution in [3.05, 3.63) is 95.4 Å². The van der Waals surface area contributed by atoms with E-state index in [0.717, 1.165) is 28.4 Å². The smallest absolute Gasteiger partial charge is 0.416 e. The number of furan rings is 1. The molecular weight excluding hydrogens is 481 g/mol. The van der Waals surface area contributed by atoms with Crippen molar-refractivity contribution in [1.29, 1.82) is 0 Å². The molecule has 0 amide bonds. The minimum atomic E-state index is -4.40. The average molecular weight is 499 g/mol. The van der Waals surface area contributed by atoms with Crippen LogP contribution in [0.15, 0.2) is 87.9 Å². The van der Waals surface area contributed by atoms with Gasteiger partial charge in [0.05, 0.1) is 24.1 Å². The standard InChI is InChI=1S/C24H17F3N4OS2/c25-24(26,27)18-10-8-16(9-11-18)21-29-30-23(31(21)13-20-7-4-12-32-20)34-15-19-14-33-22(28-19)17-5-2-1-3-6-17/h1-12,14H,13,15H2. The molecule has 0 saturated carbocycles. The molecule has 0 radical (unpaired) electrons. The van der Waals surface area contributed by atoms with Crippen molar-refractivity contribution in [3.8, 4) is 22.0 Å². The van der Waals surface area contributed by atoms with E-state index in [9.17, 15) is 13.2 Å². The van der Waals surface area contributed by atoms with Crippen molar-refractivity contribution in [2.24, 2.45) is 0 Å². The highest BCUT2D eigenvalue weighted by Gasteiger charge is 2.30. The summed E-state index contributed by atoms with van der Waals surface area (Å²) in [5, 5.41) is 12.2. The number of alkyl halides is 3. The fourth-order valence-corrected chi connectivity index (χ4v) is 5.10. The van der Waals surface area contributed by atoms with Crippen molar-refractivity contribution in [3.63, 3.8) is 0 Å². The van der Waals surface area contributed by atoms with Gasteiger partial charge in [0, 0.05) is 22.3 Å². The molecule has 10 heteroatoms. The Morgan fingerprint density at radius 1 is 0.912 bits per heavy atom. The molecule has 5 rings (SSSR count). The molecule has 0 fully saturated rings. The van der Waals surface area contributed by atoms with E-state index in [4.69, 9.17) is 9.40 Å². The van der Waals surface area contributed by atoms with Crippen LogP contribution >= 0.6 is 23.1 Å². The summed E-state index contributed by atoms with van der Waals surface area (Å²) >= 11 is 3.04. The summed E-state index contributed by atoms with van der Waals surface area (Å²) in [5.41, 5.74) is 1.81. The van der Waals surface area contributed by atoms with E-state index in [1.807, 2.05) is 46.3 Å². The Balaban J connectivity index is 1.40. The number of rotatable bonds is 7. The highest BCUT2D eigenvalue weighted by Crippen LogP contribution is 2.33. The van der Waals surface area contributed by atoms with E-state index >= 15 is 0 Å². The summed E-state index contributed by atoms with van der Waals surface area (Å²) in [4.78, 5) is 4.71. The third kappa shape index (κ3) is 4.92. The molecule has 0 unspecified atom stereocenters. The number of thiazole rings is 1. The fourth-order valence-electron chi connectivity index (χ4n) is 3.34. The van der Waals surface area contributed by atoms with Gasteiger partial charge in [-0.3, -0.25) is 4.57 Å². The molecule has 5 aromatic rings. The van der Waals surface area contributed by atoms with Crippen LogP contribution in [0.2, 0.25) is 0 Å². The van der Waals surface area contributed by atoms with Crippen LogP contribution in [0.4, 0.5) is 13.2 Å². The highest BCUT2D eigenvalue weighted by atomic mass is 32.2. The maximum Gasteiger partial charge on any atom is 0.416 e. The van der Waals surface area contributed by atoms with Crippen molar-refractivity contribution in [1.82, 2.24) is 19.7 Å². The van der Waals surface area contributed by atoms with Gasteiger partial charge in [0.1, 0.15) is 10.8 Å². The molecule has 0 saturated heterocycles. The van der Waals surface area contributed by atoms with Gasteiger partial charge < -0.3 is 4.42 Å². The zero-order chi connectivity index (χ0) is 23.5. The van der Waals surface area contributed by atoms with Crippen molar-refractivity contribution in [2.75, 3.05) is 0 Å². The van der Waals surface area contributed by atoms with Crippen LogP contribution < -0.4 is 0 Å². The lowest BCUT2D eigenvalue weighted by atomic mass is 10.1. The summed E-state index contributed by atoms with van der Waals surface area (Å²) in [5.74, 6) is 1.73. The fraction of sp³-hybridized carbons (Fsp3) is 0.125. The monoisotopic (exact) mass is 498 g/mol. The molecule has 0 spiro atoms. The Morgan fingerprint density at radius 2 is 1.71 bits per heavy atom. The predicted molar refractivity (Wildman–Crippen MR) is 125 cm³/mol. The van der Waals surface area contributed by atoms with Crippen molar-refractivity contribution < 1.29 is 17.6 Å². The lowest BCUT2D eigenvalue weighted by Gasteiger charge is -2.10. The van der Waals surface area contributed by atoms with Crippen molar-refractivity contribution in [2.45, 2.75) is 23.6 Å². The third-order valence-corrected chi connectivity index (χ3v) is 6.94. The van der Waals surface area contributed by atoms with E-state index in [1.54, 1.807) is 23.7 Å². The van der Waals surface area contributed by atoms with E-state index in [-0.39, 0.29) is 0 Å². The number of nitrogens with zero attached hydrogens (tertiary/aromatic N) is 4. The second kappa shape index (κ2) is 9.47. The van der Waals surface area contributed by atoms with Crippen LogP contribution in [0, 0.1) is 0 Å². The first-order valence-corrected chi connectivity index (χ1v) is 12.1. The lowest BCUT2D eigenvalue weighted by molar-refractivity contribution is -0.137. The second-order valence-electron chi connectivity index (χ2n) is 7.35. The number of hydrogen-bond acceptors (Lipinski definition) is 6. The van der Waals surface area contributed by atoms with Gasteiger partial charge in [-0.2, -0.15) is 13.2 Å². The third-order valence-electron chi connectivity index (χ3n) is 5.00. The molecule has 2 aromatic carbocycles. The number of benzene rings is 2. The van der Waals surface area contributed by atoms with E-state index in [0.29, 0.717) is 34.6 Å². The normalized spacial score (nSPS) is 11.7. The number of thioether (sulfide) groups is 1. The second-order valence-corrected chi connectivity index (χ2v) is 9.15. The maximum absolute atomic E-state index is 13.0. The molecule has 0 N–H and O–H groups in total. The molecule has 0 atom stereocenters. The molecule has 3 aromatic heterocycles. The average Bonchev–Trinajstić information content (AvgIpc) is 3.60. The minimum Gasteiger partial charge on any atom is -0.467 e. The summed E-state index contributed by atoms with van der Waals surface area (Å²) in [6.07, 6.45) is -2.82. The Labute approximate surface area is 201 Å². The Morgan fingerprint density at radius 3 is 2.41 bits per heavy atom. The number of hydrogen-bond donors (Lipinski definition) is 0. The first-order chi connectivity index (χ1) is 16.5. The van der Waals surface area contributed by atoms with Gasteiger partial charge in [0.25, 0.3) is 0 Å². The first-order valence-electron chi connectivity index (χ1n) is 10.2. The van der Waals surface area contributed by atoms with Gasteiger partial charge in [0.15, 0.2) is 11.0 Å². The first kappa shape index (κ1) is 22.4. The molecule has 34 heavy (non-hydrogen) atoms. The summed E-state index contributed by atoms with van der Waals surface area (Å²) in [6.45, 7) is 0.352. The molecular formula is C24H17F3N4OS2.